The maximum atomic E-state index is 9.69. The number of hydrogen-bond acceptors (Lipinski definition) is 3. The number of hydrogen-bond donors (Lipinski definition) is 3. The van der Waals surface area contributed by atoms with E-state index in [1.165, 1.54) is 6.08 Å². The summed E-state index contributed by atoms with van der Waals surface area (Å²) in [6, 6.07) is 0. The van der Waals surface area contributed by atoms with Crippen molar-refractivity contribution in [3.05, 3.63) is 48.2 Å². The van der Waals surface area contributed by atoms with Gasteiger partial charge < -0.3 is 15.3 Å². The fourth-order valence-electron chi connectivity index (χ4n) is 1.15. The second-order valence-electron chi connectivity index (χ2n) is 3.82. The average molecular weight is 238 g/mol. The van der Waals surface area contributed by atoms with Gasteiger partial charge in [-0.1, -0.05) is 32.4 Å². The Hall–Kier alpha value is -1.64. The molecule has 17 heavy (non-hydrogen) atoms. The van der Waals surface area contributed by atoms with E-state index in [0.717, 1.165) is 19.1 Å². The minimum atomic E-state index is -0.153. The third-order valence-corrected chi connectivity index (χ3v) is 2.21. The Kier molecular flexibility index (Phi) is 8.65. The maximum absolute atomic E-state index is 9.69. The first kappa shape index (κ1) is 15.4. The lowest BCUT2D eigenvalue weighted by molar-refractivity contribution is 0.354. The van der Waals surface area contributed by atoms with Crippen LogP contribution in [0.1, 0.15) is 33.1 Å². The fourth-order valence-corrected chi connectivity index (χ4v) is 1.15. The molecule has 0 radical (unpaired) electrons. The van der Waals surface area contributed by atoms with Gasteiger partial charge in [-0.3, -0.25) is 0 Å². The van der Waals surface area contributed by atoms with Gasteiger partial charge in [0, 0.05) is 12.0 Å². The maximum Gasteiger partial charge on any atom is 0.114 e. The summed E-state index contributed by atoms with van der Waals surface area (Å²) in [5.41, 5.74) is 0. The summed E-state index contributed by atoms with van der Waals surface area (Å²) in [7, 11) is 0. The van der Waals surface area contributed by atoms with Crippen LogP contribution in [0.25, 0.3) is 0 Å². The molecule has 0 aliphatic carbocycles. The molecule has 1 unspecified atom stereocenters. The lowest BCUT2D eigenvalue weighted by atomic mass is 10.1. The molecule has 0 aromatic carbocycles. The van der Waals surface area contributed by atoms with E-state index >= 15 is 0 Å². The van der Waals surface area contributed by atoms with Crippen molar-refractivity contribution < 1.29 is 15.3 Å². The van der Waals surface area contributed by atoms with E-state index in [1.807, 2.05) is 26.0 Å². The topological polar surface area (TPSA) is 60.7 Å². The first-order chi connectivity index (χ1) is 8.11. The Bertz CT molecular complexity index is 311. The largest absolute Gasteiger partial charge is 0.516 e. The van der Waals surface area contributed by atoms with Crippen LogP contribution in [0.5, 0.6) is 0 Å². The van der Waals surface area contributed by atoms with Gasteiger partial charge in [-0.2, -0.15) is 0 Å². The highest BCUT2D eigenvalue weighted by Crippen LogP contribution is 2.11. The normalized spacial score (nSPS) is 15.9. The molecule has 3 N–H and O–H groups in total. The first-order valence-electron chi connectivity index (χ1n) is 5.87. The van der Waals surface area contributed by atoms with Crippen molar-refractivity contribution in [2.24, 2.45) is 5.92 Å². The van der Waals surface area contributed by atoms with E-state index in [1.54, 1.807) is 12.2 Å². The predicted molar refractivity (Wildman–Crippen MR) is 71.0 cm³/mol. The highest BCUT2D eigenvalue weighted by Gasteiger charge is 2.03. The zero-order valence-electron chi connectivity index (χ0n) is 10.5. The summed E-state index contributed by atoms with van der Waals surface area (Å²) in [5.74, 6) is 0.0678. The molecule has 3 nitrogen and oxygen atoms in total. The number of unbranched alkanes of at least 4 members (excludes halogenated alkanes) is 1. The van der Waals surface area contributed by atoms with Crippen LogP contribution in [0.15, 0.2) is 48.2 Å². The lowest BCUT2D eigenvalue weighted by Gasteiger charge is -2.04. The Morgan fingerprint density at radius 3 is 2.53 bits per heavy atom. The molecule has 96 valence electrons. The summed E-state index contributed by atoms with van der Waals surface area (Å²) in [6.07, 6.45) is 11.7. The Morgan fingerprint density at radius 1 is 1.24 bits per heavy atom. The molecule has 0 aliphatic rings. The molecule has 0 aromatic heterocycles. The smallest absolute Gasteiger partial charge is 0.114 e. The number of aliphatic hydroxyl groups is 3. The van der Waals surface area contributed by atoms with Crippen molar-refractivity contribution in [2.75, 3.05) is 0 Å². The minimum absolute atomic E-state index is 0.0971. The minimum Gasteiger partial charge on any atom is -0.516 e. The number of aliphatic hydroxyl groups excluding tert-OH is 3. The third kappa shape index (κ3) is 8.20. The van der Waals surface area contributed by atoms with Crippen LogP contribution in [0.4, 0.5) is 0 Å². The van der Waals surface area contributed by atoms with Crippen molar-refractivity contribution in [3.8, 4) is 0 Å². The van der Waals surface area contributed by atoms with Crippen LogP contribution >= 0.6 is 0 Å². The Balaban J connectivity index is 4.32. The Labute approximate surface area is 103 Å². The molecule has 3 heteroatoms. The highest BCUT2D eigenvalue weighted by atomic mass is 16.3. The van der Waals surface area contributed by atoms with Crippen molar-refractivity contribution in [3.63, 3.8) is 0 Å². The average Bonchev–Trinajstić information content (AvgIpc) is 2.31. The van der Waals surface area contributed by atoms with Gasteiger partial charge in [0.25, 0.3) is 0 Å². The zero-order valence-corrected chi connectivity index (χ0v) is 10.5. The summed E-state index contributed by atoms with van der Waals surface area (Å²) in [5, 5.41) is 27.6. The van der Waals surface area contributed by atoms with Crippen LogP contribution in [-0.2, 0) is 0 Å². The molecule has 0 amide bonds. The molecule has 0 spiro atoms. The van der Waals surface area contributed by atoms with Gasteiger partial charge in [-0.05, 0) is 25.0 Å². The molecular weight excluding hydrogens is 216 g/mol. The Morgan fingerprint density at radius 2 is 1.94 bits per heavy atom. The molecule has 0 fully saturated rings. The summed E-state index contributed by atoms with van der Waals surface area (Å²) < 4.78 is 0. The van der Waals surface area contributed by atoms with E-state index < -0.39 is 0 Å². The predicted octanol–water partition coefficient (Wildman–Crippen LogP) is 4.32. The molecular formula is C14H22O3. The van der Waals surface area contributed by atoms with E-state index in [4.69, 9.17) is 5.11 Å². The SMILES string of the molecule is CCC/C=C(O)\C=C(\O)C(C)/C=C/C/C=C/O. The number of allylic oxidation sites excluding steroid dienone is 5. The second-order valence-corrected chi connectivity index (χ2v) is 3.82. The number of rotatable bonds is 7. The monoisotopic (exact) mass is 238 g/mol. The molecule has 0 bridgehead atoms. The zero-order chi connectivity index (χ0) is 13.1. The molecule has 1 atom stereocenters. The van der Waals surface area contributed by atoms with E-state index in [9.17, 15) is 10.2 Å². The van der Waals surface area contributed by atoms with Crippen LogP contribution in [-0.4, -0.2) is 15.3 Å². The van der Waals surface area contributed by atoms with Gasteiger partial charge in [-0.15, -0.1) is 0 Å². The van der Waals surface area contributed by atoms with Crippen molar-refractivity contribution in [2.45, 2.75) is 33.1 Å². The fraction of sp³-hybridized carbons (Fsp3) is 0.429. The van der Waals surface area contributed by atoms with E-state index in [0.29, 0.717) is 6.42 Å². The molecule has 0 aliphatic heterocycles. The molecule has 0 heterocycles. The van der Waals surface area contributed by atoms with Gasteiger partial charge in [0.2, 0.25) is 0 Å². The first-order valence-corrected chi connectivity index (χ1v) is 5.87. The van der Waals surface area contributed by atoms with Gasteiger partial charge in [0.1, 0.15) is 11.5 Å². The van der Waals surface area contributed by atoms with Gasteiger partial charge in [0.05, 0.1) is 6.26 Å². The van der Waals surface area contributed by atoms with Crippen molar-refractivity contribution in [1.82, 2.24) is 0 Å². The van der Waals surface area contributed by atoms with Gasteiger partial charge in [-0.25, -0.2) is 0 Å². The molecule has 0 aromatic rings. The quantitative estimate of drug-likeness (QED) is 0.351. The van der Waals surface area contributed by atoms with Crippen LogP contribution < -0.4 is 0 Å². The van der Waals surface area contributed by atoms with Crippen LogP contribution in [0.3, 0.4) is 0 Å². The summed E-state index contributed by atoms with van der Waals surface area (Å²) >= 11 is 0. The van der Waals surface area contributed by atoms with E-state index in [-0.39, 0.29) is 17.4 Å². The summed E-state index contributed by atoms with van der Waals surface area (Å²) in [6.45, 7) is 3.85. The van der Waals surface area contributed by atoms with Gasteiger partial charge >= 0.3 is 0 Å². The van der Waals surface area contributed by atoms with Crippen molar-refractivity contribution in [1.29, 1.82) is 0 Å². The van der Waals surface area contributed by atoms with Crippen molar-refractivity contribution >= 4 is 0 Å². The van der Waals surface area contributed by atoms with E-state index in [2.05, 4.69) is 0 Å². The summed E-state index contributed by atoms with van der Waals surface area (Å²) in [4.78, 5) is 0. The lowest BCUT2D eigenvalue weighted by Crippen LogP contribution is -1.95. The molecule has 0 saturated heterocycles. The van der Waals surface area contributed by atoms with Crippen LogP contribution in [0, 0.1) is 5.92 Å². The molecule has 0 saturated carbocycles. The second kappa shape index (κ2) is 9.58. The third-order valence-electron chi connectivity index (χ3n) is 2.21. The molecule has 0 rings (SSSR count). The van der Waals surface area contributed by atoms with Crippen LogP contribution in [0.2, 0.25) is 0 Å². The van der Waals surface area contributed by atoms with Gasteiger partial charge in [0.15, 0.2) is 0 Å². The standard InChI is InChI=1S/C14H22O3/c1-3-4-9-13(16)11-14(17)12(2)8-6-5-7-10-15/h6-12,15-17H,3-5H2,1-2H3/b8-6+,10-7+,13-9+,14-11+. The highest BCUT2D eigenvalue weighted by molar-refractivity contribution is 5.17.